The van der Waals surface area contributed by atoms with Gasteiger partial charge in [-0.3, -0.25) is 33.8 Å². The third-order valence-electron chi connectivity index (χ3n) is 13.0. The summed E-state index contributed by atoms with van der Waals surface area (Å²) in [5, 5.41) is 16.1. The first-order chi connectivity index (χ1) is 30.3. The van der Waals surface area contributed by atoms with Crippen LogP contribution in [0.5, 0.6) is 0 Å². The number of rotatable bonds is 16. The van der Waals surface area contributed by atoms with Gasteiger partial charge in [0.1, 0.15) is 11.7 Å². The third kappa shape index (κ3) is 10.5. The number of alkyl halides is 3. The molecule has 5 aromatic rings. The standard InChI is InChI=1S/C46H58F3N9O5/c1-30-27-55(21-22-56(30)20-4-24-63-23-3-5-31-8-15-38-40(25-31)54(2)45(62)58(38)39-16-17-41(60)52-43(39)61)28-32-6-9-33(10-7-32)37-29-57(34-11-13-35(59)14-12-34)42-36(37)26-51-44(53-42)50-19-18-46(47,48)49/h6-10,15,25-26,29-30,34-35,39,59H,3-5,11-14,16-24,27-28H2,1-2H3,(H,50,51,53)(H,52,60,61)/t30-,34?,35?,39?/m0/s1. The lowest BCUT2D eigenvalue weighted by Crippen LogP contribution is -2.51. The van der Waals surface area contributed by atoms with Crippen LogP contribution in [0.1, 0.15) is 87.9 Å². The number of imide groups is 1. The van der Waals surface area contributed by atoms with Gasteiger partial charge in [0, 0.05) is 101 Å². The number of aryl methyl sites for hydroxylation is 2. The number of amides is 2. The molecule has 14 nitrogen and oxygen atoms in total. The second-order valence-corrected chi connectivity index (χ2v) is 17.5. The Labute approximate surface area is 364 Å². The Bertz CT molecular complexity index is 2460. The molecule has 1 unspecified atom stereocenters. The zero-order valence-corrected chi connectivity index (χ0v) is 36.1. The molecule has 338 valence electrons. The van der Waals surface area contributed by atoms with Crippen LogP contribution in [0.2, 0.25) is 0 Å². The fourth-order valence-electron chi connectivity index (χ4n) is 9.51. The van der Waals surface area contributed by atoms with Gasteiger partial charge in [0.15, 0.2) is 0 Å². The number of anilines is 1. The van der Waals surface area contributed by atoms with E-state index in [0.717, 1.165) is 92.4 Å². The molecular weight excluding hydrogens is 816 g/mol. The maximum Gasteiger partial charge on any atom is 0.390 e. The van der Waals surface area contributed by atoms with Crippen molar-refractivity contribution in [1.82, 2.24) is 38.8 Å². The first-order valence-electron chi connectivity index (χ1n) is 22.3. The van der Waals surface area contributed by atoms with Gasteiger partial charge in [0.25, 0.3) is 0 Å². The van der Waals surface area contributed by atoms with Crippen molar-refractivity contribution in [2.24, 2.45) is 7.05 Å². The van der Waals surface area contributed by atoms with Crippen LogP contribution in [-0.4, -0.2) is 115 Å². The zero-order valence-electron chi connectivity index (χ0n) is 36.1. The maximum absolute atomic E-state index is 13.1. The van der Waals surface area contributed by atoms with Gasteiger partial charge in [-0.25, -0.2) is 9.78 Å². The summed E-state index contributed by atoms with van der Waals surface area (Å²) in [6.07, 6.45) is 4.35. The average molecular weight is 874 g/mol. The fraction of sp³-hybridized carbons (Fsp3) is 0.543. The van der Waals surface area contributed by atoms with Crippen molar-refractivity contribution in [2.45, 2.75) is 108 Å². The van der Waals surface area contributed by atoms with E-state index in [1.165, 1.54) is 10.1 Å². The summed E-state index contributed by atoms with van der Waals surface area (Å²) in [6, 6.07) is 14.3. The number of halogens is 3. The molecule has 2 aromatic carbocycles. The molecule has 3 aromatic heterocycles. The summed E-state index contributed by atoms with van der Waals surface area (Å²) >= 11 is 0. The Balaban J connectivity index is 0.785. The number of benzene rings is 2. The number of ether oxygens (including phenoxy) is 1. The number of hydrogen-bond donors (Lipinski definition) is 3. The molecule has 2 atom stereocenters. The molecule has 5 heterocycles. The molecule has 0 spiro atoms. The summed E-state index contributed by atoms with van der Waals surface area (Å²) in [4.78, 5) is 51.3. The molecule has 17 heteroatoms. The van der Waals surface area contributed by atoms with Crippen molar-refractivity contribution in [2.75, 3.05) is 51.3 Å². The summed E-state index contributed by atoms with van der Waals surface area (Å²) in [5.74, 6) is -0.573. The topological polar surface area (TPSA) is 152 Å². The highest BCUT2D eigenvalue weighted by molar-refractivity contribution is 6.00. The second-order valence-electron chi connectivity index (χ2n) is 17.5. The van der Waals surface area contributed by atoms with Gasteiger partial charge in [-0.2, -0.15) is 18.2 Å². The van der Waals surface area contributed by atoms with E-state index in [-0.39, 0.29) is 42.7 Å². The Hall–Kier alpha value is -5.10. The molecule has 1 aliphatic carbocycles. The summed E-state index contributed by atoms with van der Waals surface area (Å²) < 4.78 is 49.6. The van der Waals surface area contributed by atoms with Crippen LogP contribution >= 0.6 is 0 Å². The highest BCUT2D eigenvalue weighted by Gasteiger charge is 2.32. The highest BCUT2D eigenvalue weighted by Crippen LogP contribution is 2.37. The van der Waals surface area contributed by atoms with E-state index >= 15 is 0 Å². The number of piperidine rings is 1. The summed E-state index contributed by atoms with van der Waals surface area (Å²) in [6.45, 7) is 8.06. The number of nitrogens with one attached hydrogen (secondary N) is 2. The maximum atomic E-state index is 13.1. The van der Waals surface area contributed by atoms with Crippen LogP contribution in [0.25, 0.3) is 33.2 Å². The fourth-order valence-corrected chi connectivity index (χ4v) is 9.51. The molecule has 3 fully saturated rings. The molecule has 1 saturated carbocycles. The van der Waals surface area contributed by atoms with Crippen molar-refractivity contribution in [1.29, 1.82) is 0 Å². The number of fused-ring (bicyclic) bond motifs is 2. The summed E-state index contributed by atoms with van der Waals surface area (Å²) in [5.41, 5.74) is 6.18. The lowest BCUT2D eigenvalue weighted by atomic mass is 9.93. The minimum atomic E-state index is -4.27. The largest absolute Gasteiger partial charge is 0.393 e. The lowest BCUT2D eigenvalue weighted by Gasteiger charge is -2.40. The number of aliphatic hydroxyl groups excluding tert-OH is 1. The normalized spacial score (nSPS) is 21.7. The molecule has 3 aliphatic rings. The zero-order chi connectivity index (χ0) is 44.3. The van der Waals surface area contributed by atoms with Crippen LogP contribution in [0.4, 0.5) is 19.1 Å². The number of aliphatic hydroxyl groups is 1. The predicted octanol–water partition coefficient (Wildman–Crippen LogP) is 6.12. The smallest absolute Gasteiger partial charge is 0.390 e. The Morgan fingerprint density at radius 1 is 0.952 bits per heavy atom. The van der Waals surface area contributed by atoms with Crippen LogP contribution in [0.3, 0.4) is 0 Å². The van der Waals surface area contributed by atoms with Gasteiger partial charge >= 0.3 is 11.9 Å². The first-order valence-corrected chi connectivity index (χ1v) is 22.3. The number of nitrogens with zero attached hydrogens (tertiary/aromatic N) is 7. The van der Waals surface area contributed by atoms with Crippen LogP contribution < -0.4 is 16.3 Å². The van der Waals surface area contributed by atoms with E-state index < -0.39 is 24.5 Å². The molecule has 0 radical (unpaired) electrons. The van der Waals surface area contributed by atoms with Crippen molar-refractivity contribution in [3.8, 4) is 11.1 Å². The van der Waals surface area contributed by atoms with Crippen molar-refractivity contribution < 1.29 is 32.6 Å². The molecular formula is C46H58F3N9O5. The van der Waals surface area contributed by atoms with Gasteiger partial charge in [-0.15, -0.1) is 0 Å². The highest BCUT2D eigenvalue weighted by atomic mass is 19.4. The van der Waals surface area contributed by atoms with Gasteiger partial charge in [0.05, 0.1) is 23.6 Å². The lowest BCUT2D eigenvalue weighted by molar-refractivity contribution is -0.136. The number of aromatic nitrogens is 5. The Morgan fingerprint density at radius 2 is 1.71 bits per heavy atom. The molecule has 63 heavy (non-hydrogen) atoms. The SMILES string of the molecule is C[C@H]1CN(Cc2ccc(-c3cn(C4CCC(O)CC4)c4nc(NCCC(F)(F)F)ncc34)cc2)CCN1CCCOCCCc1ccc2c(c1)n(C)c(=O)n2C1CCC(=O)NC1=O. The molecule has 2 amide bonds. The van der Waals surface area contributed by atoms with E-state index in [1.54, 1.807) is 17.8 Å². The van der Waals surface area contributed by atoms with E-state index in [1.807, 2.05) is 18.2 Å². The van der Waals surface area contributed by atoms with Gasteiger partial charge in [-0.05, 0) is 87.1 Å². The third-order valence-corrected chi connectivity index (χ3v) is 13.0. The number of hydrogen-bond acceptors (Lipinski definition) is 10. The quantitative estimate of drug-likeness (QED) is 0.0783. The van der Waals surface area contributed by atoms with E-state index in [0.29, 0.717) is 49.7 Å². The monoisotopic (exact) mass is 873 g/mol. The Kier molecular flexibility index (Phi) is 13.7. The van der Waals surface area contributed by atoms with E-state index in [2.05, 4.69) is 72.4 Å². The van der Waals surface area contributed by atoms with Crippen LogP contribution in [0.15, 0.2) is 59.7 Å². The van der Waals surface area contributed by atoms with Crippen molar-refractivity contribution >= 4 is 39.8 Å². The number of piperazine rings is 1. The van der Waals surface area contributed by atoms with E-state index in [9.17, 15) is 32.7 Å². The number of carbonyl (C=O) groups is 2. The minimum absolute atomic E-state index is 0.130. The van der Waals surface area contributed by atoms with Gasteiger partial charge in [0.2, 0.25) is 17.8 Å². The minimum Gasteiger partial charge on any atom is -0.393 e. The van der Waals surface area contributed by atoms with Gasteiger partial charge in [-0.1, -0.05) is 30.3 Å². The number of carbonyl (C=O) groups excluding carboxylic acids is 2. The van der Waals surface area contributed by atoms with E-state index in [4.69, 9.17) is 4.74 Å². The molecule has 2 aliphatic heterocycles. The first kappa shape index (κ1) is 44.5. The summed E-state index contributed by atoms with van der Waals surface area (Å²) in [7, 11) is 1.71. The van der Waals surface area contributed by atoms with Crippen LogP contribution in [-0.2, 0) is 34.3 Å². The molecule has 2 saturated heterocycles. The molecule has 8 rings (SSSR count). The number of imidazole rings is 1. The molecule has 0 bridgehead atoms. The van der Waals surface area contributed by atoms with Crippen molar-refractivity contribution in [3.63, 3.8) is 0 Å². The second kappa shape index (κ2) is 19.3. The van der Waals surface area contributed by atoms with Gasteiger partial charge < -0.3 is 19.7 Å². The average Bonchev–Trinajstić information content (AvgIpc) is 3.74. The Morgan fingerprint density at radius 3 is 2.46 bits per heavy atom. The molecule has 3 N–H and O–H groups in total. The van der Waals surface area contributed by atoms with Crippen LogP contribution in [0, 0.1) is 0 Å². The van der Waals surface area contributed by atoms with Crippen molar-refractivity contribution in [3.05, 3.63) is 76.5 Å². The predicted molar refractivity (Wildman–Crippen MR) is 234 cm³/mol.